The number of hydrogen-bond donors (Lipinski definition) is 0. The molecule has 1 unspecified atom stereocenters. The average molecular weight is 254 g/mol. The second-order valence-electron chi connectivity index (χ2n) is 2.98. The Labute approximate surface area is 90.4 Å². The van der Waals surface area contributed by atoms with Crippen LogP contribution in [0.15, 0.2) is 18.2 Å². The third-order valence-electron chi connectivity index (χ3n) is 1.96. The first-order chi connectivity index (χ1) is 6.83. The molecule has 1 aromatic rings. The minimum absolute atomic E-state index is 0.0245. The fourth-order valence-corrected chi connectivity index (χ4v) is 1.58. The van der Waals surface area contributed by atoms with Crippen LogP contribution in [0.25, 0.3) is 0 Å². The number of alkyl halides is 1. The van der Waals surface area contributed by atoms with Crippen molar-refractivity contribution in [3.63, 3.8) is 0 Å². The van der Waals surface area contributed by atoms with Gasteiger partial charge in [-0.25, -0.2) is 0 Å². The Kier molecular flexibility index (Phi) is 2.60. The van der Waals surface area contributed by atoms with Gasteiger partial charge in [0, 0.05) is 11.4 Å². The summed E-state index contributed by atoms with van der Waals surface area (Å²) in [4.78, 5) is 0. The molecule has 0 fully saturated rings. The lowest BCUT2D eigenvalue weighted by molar-refractivity contribution is 0.108. The van der Waals surface area contributed by atoms with Crippen molar-refractivity contribution in [1.82, 2.24) is 0 Å². The summed E-state index contributed by atoms with van der Waals surface area (Å²) in [5.74, 6) is 1.36. The molecule has 1 aliphatic heterocycles. The van der Waals surface area contributed by atoms with Crippen LogP contribution in [0.2, 0.25) is 0 Å². The van der Waals surface area contributed by atoms with Crippen LogP contribution in [0.3, 0.4) is 0 Å². The van der Waals surface area contributed by atoms with Crippen molar-refractivity contribution < 1.29 is 9.47 Å². The molecule has 0 spiro atoms. The van der Waals surface area contributed by atoms with Crippen molar-refractivity contribution in [2.75, 3.05) is 11.9 Å². The number of nitriles is 1. The van der Waals surface area contributed by atoms with E-state index in [1.54, 1.807) is 18.2 Å². The molecule has 3 nitrogen and oxygen atoms in total. The Balaban J connectivity index is 2.31. The summed E-state index contributed by atoms with van der Waals surface area (Å²) in [5.41, 5.74) is 0.586. The van der Waals surface area contributed by atoms with Crippen molar-refractivity contribution in [3.05, 3.63) is 23.8 Å². The van der Waals surface area contributed by atoms with Gasteiger partial charge in [-0.05, 0) is 12.1 Å². The second-order valence-corrected chi connectivity index (χ2v) is 3.63. The minimum Gasteiger partial charge on any atom is -0.486 e. The van der Waals surface area contributed by atoms with Gasteiger partial charge in [0.1, 0.15) is 12.7 Å². The van der Waals surface area contributed by atoms with Crippen LogP contribution in [-0.4, -0.2) is 18.0 Å². The van der Waals surface area contributed by atoms with E-state index in [1.165, 1.54) is 0 Å². The molecule has 2 rings (SSSR count). The van der Waals surface area contributed by atoms with Crippen LogP contribution in [-0.2, 0) is 0 Å². The fourth-order valence-electron chi connectivity index (χ4n) is 1.26. The van der Waals surface area contributed by atoms with Gasteiger partial charge in [-0.2, -0.15) is 5.26 Å². The highest BCUT2D eigenvalue weighted by molar-refractivity contribution is 9.09. The molecule has 0 bridgehead atoms. The highest BCUT2D eigenvalue weighted by Gasteiger charge is 2.19. The van der Waals surface area contributed by atoms with E-state index in [4.69, 9.17) is 14.7 Å². The van der Waals surface area contributed by atoms with Crippen molar-refractivity contribution in [1.29, 1.82) is 5.26 Å². The zero-order chi connectivity index (χ0) is 9.97. The van der Waals surface area contributed by atoms with E-state index in [-0.39, 0.29) is 6.10 Å². The molecule has 0 amide bonds. The Hall–Kier alpha value is -1.21. The van der Waals surface area contributed by atoms with Crippen LogP contribution in [0.4, 0.5) is 0 Å². The first kappa shape index (κ1) is 9.35. The lowest BCUT2D eigenvalue weighted by atomic mass is 10.2. The summed E-state index contributed by atoms with van der Waals surface area (Å²) < 4.78 is 11.1. The van der Waals surface area contributed by atoms with Gasteiger partial charge in [0.05, 0.1) is 11.6 Å². The Morgan fingerprint density at radius 3 is 3.07 bits per heavy atom. The van der Waals surface area contributed by atoms with E-state index in [1.807, 2.05) is 0 Å². The van der Waals surface area contributed by atoms with Gasteiger partial charge in [0.15, 0.2) is 11.5 Å². The molecule has 1 heterocycles. The summed E-state index contributed by atoms with van der Waals surface area (Å²) in [7, 11) is 0. The molecular formula is C10H8BrNO2. The topological polar surface area (TPSA) is 42.2 Å². The highest BCUT2D eigenvalue weighted by atomic mass is 79.9. The molecule has 0 N–H and O–H groups in total. The van der Waals surface area contributed by atoms with Crippen molar-refractivity contribution in [2.45, 2.75) is 6.10 Å². The lowest BCUT2D eigenvalue weighted by Gasteiger charge is -2.25. The monoisotopic (exact) mass is 253 g/mol. The summed E-state index contributed by atoms with van der Waals surface area (Å²) in [5, 5.41) is 9.43. The van der Waals surface area contributed by atoms with Gasteiger partial charge in [-0.3, -0.25) is 0 Å². The molecule has 0 aromatic heterocycles. The standard InChI is InChI=1S/C10H8BrNO2/c11-4-8-6-13-9-2-1-7(5-12)3-10(9)14-8/h1-3,8H,4,6H2. The molecule has 0 radical (unpaired) electrons. The van der Waals surface area contributed by atoms with Crippen LogP contribution in [0.1, 0.15) is 5.56 Å². The maximum absolute atomic E-state index is 8.71. The van der Waals surface area contributed by atoms with Gasteiger partial charge in [-0.15, -0.1) is 0 Å². The number of benzene rings is 1. The fraction of sp³-hybridized carbons (Fsp3) is 0.300. The summed E-state index contributed by atoms with van der Waals surface area (Å²) in [6.07, 6.45) is 0.0245. The molecule has 0 saturated heterocycles. The van der Waals surface area contributed by atoms with Crippen molar-refractivity contribution >= 4 is 15.9 Å². The SMILES string of the molecule is N#Cc1ccc2c(c1)OC(CBr)CO2. The third kappa shape index (κ3) is 1.68. The van der Waals surface area contributed by atoms with E-state index in [2.05, 4.69) is 22.0 Å². The number of fused-ring (bicyclic) bond motifs is 1. The van der Waals surface area contributed by atoms with Gasteiger partial charge in [0.2, 0.25) is 0 Å². The molecule has 1 aliphatic rings. The Bertz CT molecular complexity index is 386. The summed E-state index contributed by atoms with van der Waals surface area (Å²) >= 11 is 3.33. The first-order valence-electron chi connectivity index (χ1n) is 4.23. The quantitative estimate of drug-likeness (QED) is 0.720. The smallest absolute Gasteiger partial charge is 0.163 e. The van der Waals surface area contributed by atoms with E-state index in [9.17, 15) is 0 Å². The molecular weight excluding hydrogens is 246 g/mol. The zero-order valence-electron chi connectivity index (χ0n) is 7.37. The minimum atomic E-state index is 0.0245. The third-order valence-corrected chi connectivity index (χ3v) is 2.69. The summed E-state index contributed by atoms with van der Waals surface area (Å²) in [6.45, 7) is 0.546. The molecule has 1 aromatic carbocycles. The second kappa shape index (κ2) is 3.89. The maximum atomic E-state index is 8.71. The molecule has 4 heteroatoms. The van der Waals surface area contributed by atoms with Crippen LogP contribution >= 0.6 is 15.9 Å². The molecule has 14 heavy (non-hydrogen) atoms. The van der Waals surface area contributed by atoms with Crippen LogP contribution in [0, 0.1) is 11.3 Å². The predicted molar refractivity (Wildman–Crippen MR) is 54.9 cm³/mol. The van der Waals surface area contributed by atoms with Gasteiger partial charge in [-0.1, -0.05) is 15.9 Å². The lowest BCUT2D eigenvalue weighted by Crippen LogP contribution is -2.30. The predicted octanol–water partition coefficient (Wildman–Crippen LogP) is 2.09. The van der Waals surface area contributed by atoms with Crippen LogP contribution in [0.5, 0.6) is 11.5 Å². The van der Waals surface area contributed by atoms with E-state index >= 15 is 0 Å². The zero-order valence-corrected chi connectivity index (χ0v) is 8.95. The number of halogens is 1. The largest absolute Gasteiger partial charge is 0.486 e. The number of ether oxygens (including phenoxy) is 2. The molecule has 1 atom stereocenters. The van der Waals surface area contributed by atoms with E-state index < -0.39 is 0 Å². The van der Waals surface area contributed by atoms with E-state index in [0.717, 1.165) is 5.33 Å². The van der Waals surface area contributed by atoms with Gasteiger partial charge < -0.3 is 9.47 Å². The number of nitrogens with zero attached hydrogens (tertiary/aromatic N) is 1. The highest BCUT2D eigenvalue weighted by Crippen LogP contribution is 2.32. The molecule has 0 saturated carbocycles. The summed E-state index contributed by atoms with van der Waals surface area (Å²) in [6, 6.07) is 7.24. The van der Waals surface area contributed by atoms with Crippen molar-refractivity contribution in [2.24, 2.45) is 0 Å². The molecule has 72 valence electrons. The molecule has 0 aliphatic carbocycles. The number of rotatable bonds is 1. The van der Waals surface area contributed by atoms with E-state index in [0.29, 0.717) is 23.7 Å². The van der Waals surface area contributed by atoms with Gasteiger partial charge in [0.25, 0.3) is 0 Å². The number of hydrogen-bond acceptors (Lipinski definition) is 3. The average Bonchev–Trinajstić information content (AvgIpc) is 2.27. The Morgan fingerprint density at radius 1 is 1.50 bits per heavy atom. The normalized spacial score (nSPS) is 18.7. The van der Waals surface area contributed by atoms with Crippen LogP contribution < -0.4 is 9.47 Å². The first-order valence-corrected chi connectivity index (χ1v) is 5.35. The Morgan fingerprint density at radius 2 is 2.36 bits per heavy atom. The maximum Gasteiger partial charge on any atom is 0.163 e. The van der Waals surface area contributed by atoms with Crippen molar-refractivity contribution in [3.8, 4) is 17.6 Å². The van der Waals surface area contributed by atoms with Gasteiger partial charge >= 0.3 is 0 Å².